The van der Waals surface area contributed by atoms with Gasteiger partial charge in [-0.1, -0.05) is 309 Å². The highest BCUT2D eigenvalue weighted by Crippen LogP contribution is 2.18. The van der Waals surface area contributed by atoms with Crippen LogP contribution in [0.2, 0.25) is 0 Å². The summed E-state index contributed by atoms with van der Waals surface area (Å²) in [6.45, 7) is 6.71. The Kier molecular flexibility index (Phi) is 58.1. The quantitative estimate of drug-likeness (QED) is 0.0261. The molecule has 0 N–H and O–H groups in total. The number of rotatable bonds is 59. The molecule has 0 fully saturated rings. The summed E-state index contributed by atoms with van der Waals surface area (Å²) in [5, 5.41) is 0. The summed E-state index contributed by atoms with van der Waals surface area (Å²) in [5.41, 5.74) is 0. The molecule has 0 aromatic heterocycles. The molecule has 0 aliphatic rings. The third-order valence-electron chi connectivity index (χ3n) is 14.5. The Morgan fingerprint density at radius 3 is 0.714 bits per heavy atom. The number of esters is 3. The average Bonchev–Trinajstić information content (AvgIpc) is 3.36. The minimum Gasteiger partial charge on any atom is -0.462 e. The molecule has 0 spiro atoms. The van der Waals surface area contributed by atoms with Crippen LogP contribution in [0, 0.1) is 0 Å². The predicted octanol–water partition coefficient (Wildman–Crippen LogP) is 21.3. The Morgan fingerprint density at radius 1 is 0.271 bits per heavy atom. The summed E-state index contributed by atoms with van der Waals surface area (Å²) < 4.78 is 16.9. The maximum Gasteiger partial charge on any atom is 0.306 e. The lowest BCUT2D eigenvalue weighted by molar-refractivity contribution is -0.167. The van der Waals surface area contributed by atoms with E-state index in [1.54, 1.807) is 0 Å². The zero-order valence-electron chi connectivity index (χ0n) is 47.6. The van der Waals surface area contributed by atoms with Gasteiger partial charge in [-0.25, -0.2) is 0 Å². The van der Waals surface area contributed by atoms with Crippen molar-refractivity contribution in [3.63, 3.8) is 0 Å². The molecule has 70 heavy (non-hydrogen) atoms. The van der Waals surface area contributed by atoms with Gasteiger partial charge in [0.1, 0.15) is 13.2 Å². The van der Waals surface area contributed by atoms with Crippen LogP contribution in [0.5, 0.6) is 0 Å². The molecule has 0 saturated carbocycles. The van der Waals surface area contributed by atoms with Crippen LogP contribution in [-0.2, 0) is 28.6 Å². The van der Waals surface area contributed by atoms with Crippen LogP contribution in [-0.4, -0.2) is 37.2 Å². The summed E-state index contributed by atoms with van der Waals surface area (Å²) in [6, 6.07) is 0. The van der Waals surface area contributed by atoms with E-state index in [-0.39, 0.29) is 31.1 Å². The summed E-state index contributed by atoms with van der Waals surface area (Å²) in [7, 11) is 0. The molecular formula is C64H122O6. The van der Waals surface area contributed by atoms with Gasteiger partial charge >= 0.3 is 17.9 Å². The highest BCUT2D eigenvalue weighted by molar-refractivity contribution is 5.71. The van der Waals surface area contributed by atoms with E-state index in [9.17, 15) is 14.4 Å². The zero-order valence-corrected chi connectivity index (χ0v) is 47.6. The second-order valence-corrected chi connectivity index (χ2v) is 21.7. The molecule has 1 atom stereocenters. The molecule has 0 aromatic rings. The van der Waals surface area contributed by atoms with Gasteiger partial charge in [0.25, 0.3) is 0 Å². The normalized spacial score (nSPS) is 12.0. The van der Waals surface area contributed by atoms with E-state index in [4.69, 9.17) is 14.2 Å². The predicted molar refractivity (Wildman–Crippen MR) is 303 cm³/mol. The fourth-order valence-electron chi connectivity index (χ4n) is 9.74. The number of carbonyl (C=O) groups excluding carboxylic acids is 3. The fraction of sp³-hybridized carbons (Fsp3) is 0.922. The number of hydrogen-bond acceptors (Lipinski definition) is 6. The number of ether oxygens (including phenoxy) is 3. The molecule has 6 nitrogen and oxygen atoms in total. The molecule has 0 amide bonds. The molecule has 1 unspecified atom stereocenters. The first-order valence-electron chi connectivity index (χ1n) is 31.7. The lowest BCUT2D eigenvalue weighted by Gasteiger charge is -2.18. The fourth-order valence-corrected chi connectivity index (χ4v) is 9.74. The van der Waals surface area contributed by atoms with E-state index in [1.165, 1.54) is 263 Å². The summed E-state index contributed by atoms with van der Waals surface area (Å²) in [4.78, 5) is 38.3. The van der Waals surface area contributed by atoms with E-state index in [0.717, 1.165) is 57.8 Å². The first kappa shape index (κ1) is 68.2. The third kappa shape index (κ3) is 57.1. The van der Waals surface area contributed by atoms with Crippen molar-refractivity contribution in [2.45, 2.75) is 367 Å². The van der Waals surface area contributed by atoms with E-state index in [2.05, 4.69) is 32.9 Å². The molecule has 0 bridgehead atoms. The van der Waals surface area contributed by atoms with Crippen LogP contribution < -0.4 is 0 Å². The van der Waals surface area contributed by atoms with Gasteiger partial charge in [-0.05, 0) is 44.9 Å². The number of allylic oxidation sites excluding steroid dienone is 2. The van der Waals surface area contributed by atoms with Crippen molar-refractivity contribution >= 4 is 17.9 Å². The van der Waals surface area contributed by atoms with Gasteiger partial charge in [-0.3, -0.25) is 14.4 Å². The van der Waals surface area contributed by atoms with Crippen LogP contribution in [0.1, 0.15) is 361 Å². The summed E-state index contributed by atoms with van der Waals surface area (Å²) in [5.74, 6) is -0.840. The summed E-state index contributed by atoms with van der Waals surface area (Å²) >= 11 is 0. The Hall–Kier alpha value is -1.85. The van der Waals surface area contributed by atoms with Crippen LogP contribution in [0.15, 0.2) is 12.2 Å². The monoisotopic (exact) mass is 987 g/mol. The van der Waals surface area contributed by atoms with Gasteiger partial charge in [0, 0.05) is 19.3 Å². The largest absolute Gasteiger partial charge is 0.462 e. The van der Waals surface area contributed by atoms with Crippen LogP contribution in [0.25, 0.3) is 0 Å². The van der Waals surface area contributed by atoms with Gasteiger partial charge < -0.3 is 14.2 Å². The van der Waals surface area contributed by atoms with Gasteiger partial charge in [-0.15, -0.1) is 0 Å². The van der Waals surface area contributed by atoms with E-state index in [1.807, 2.05) is 0 Å². The molecule has 414 valence electrons. The molecule has 0 aliphatic heterocycles. The maximum atomic E-state index is 12.9. The Labute approximate surface area is 437 Å². The minimum atomic E-state index is -0.767. The Bertz CT molecular complexity index is 1090. The minimum absolute atomic E-state index is 0.0653. The molecule has 0 radical (unpaired) electrons. The van der Waals surface area contributed by atoms with Crippen molar-refractivity contribution in [1.29, 1.82) is 0 Å². The highest BCUT2D eigenvalue weighted by Gasteiger charge is 2.19. The molecule has 0 heterocycles. The van der Waals surface area contributed by atoms with E-state index < -0.39 is 6.10 Å². The maximum absolute atomic E-state index is 12.9. The van der Waals surface area contributed by atoms with Gasteiger partial charge in [0.2, 0.25) is 0 Å². The van der Waals surface area contributed by atoms with Crippen LogP contribution in [0.3, 0.4) is 0 Å². The number of unbranched alkanes of at least 4 members (excludes halogenated alkanes) is 46. The van der Waals surface area contributed by atoms with E-state index in [0.29, 0.717) is 19.3 Å². The standard InChI is InChI=1S/C64H122O6/c1-4-7-10-13-16-19-22-25-27-29-31-32-33-35-36-39-42-45-48-51-54-57-63(66)69-60-61(59-68-62(65)56-53-50-47-44-41-38-24-21-18-15-12-9-6-3)70-64(67)58-55-52-49-46-43-40-37-34-30-28-26-23-20-17-14-11-8-5-2/h28,30,61H,4-27,29,31-60H2,1-3H3/b30-28-. The van der Waals surface area contributed by atoms with Gasteiger partial charge in [0.15, 0.2) is 6.10 Å². The SMILES string of the molecule is CCCCCCCCC/C=C\CCCCCCCCCC(=O)OC(COC(=O)CCCCCCCCCCCCCCC)COC(=O)CCCCCCCCCCCCCCCCCCCCCCC. The first-order valence-corrected chi connectivity index (χ1v) is 31.7. The molecule has 0 aliphatic carbocycles. The Morgan fingerprint density at radius 2 is 0.471 bits per heavy atom. The highest BCUT2D eigenvalue weighted by atomic mass is 16.6. The first-order chi connectivity index (χ1) is 34.5. The second kappa shape index (κ2) is 59.7. The van der Waals surface area contributed by atoms with Crippen molar-refractivity contribution in [3.05, 3.63) is 12.2 Å². The number of carbonyl (C=O) groups is 3. The van der Waals surface area contributed by atoms with Crippen molar-refractivity contribution < 1.29 is 28.6 Å². The van der Waals surface area contributed by atoms with Gasteiger partial charge in [-0.2, -0.15) is 0 Å². The average molecular weight is 988 g/mol. The molecule has 0 aromatic carbocycles. The van der Waals surface area contributed by atoms with Crippen LogP contribution in [0.4, 0.5) is 0 Å². The second-order valence-electron chi connectivity index (χ2n) is 21.7. The summed E-state index contributed by atoms with van der Waals surface area (Å²) in [6.07, 6.45) is 69.3. The van der Waals surface area contributed by atoms with Crippen molar-refractivity contribution in [1.82, 2.24) is 0 Å². The molecule has 0 rings (SSSR count). The molecule has 0 saturated heterocycles. The lowest BCUT2D eigenvalue weighted by atomic mass is 10.0. The van der Waals surface area contributed by atoms with Crippen molar-refractivity contribution in [3.8, 4) is 0 Å². The van der Waals surface area contributed by atoms with Crippen molar-refractivity contribution in [2.24, 2.45) is 0 Å². The molecule has 6 heteroatoms. The molecular weight excluding hydrogens is 865 g/mol. The smallest absolute Gasteiger partial charge is 0.306 e. The zero-order chi connectivity index (χ0) is 50.7. The Balaban J connectivity index is 4.26. The lowest BCUT2D eigenvalue weighted by Crippen LogP contribution is -2.30. The third-order valence-corrected chi connectivity index (χ3v) is 14.5. The number of hydrogen-bond donors (Lipinski definition) is 0. The van der Waals surface area contributed by atoms with E-state index >= 15 is 0 Å². The van der Waals surface area contributed by atoms with Crippen LogP contribution >= 0.6 is 0 Å². The van der Waals surface area contributed by atoms with Crippen molar-refractivity contribution in [2.75, 3.05) is 13.2 Å². The topological polar surface area (TPSA) is 78.9 Å². The van der Waals surface area contributed by atoms with Gasteiger partial charge in [0.05, 0.1) is 0 Å².